The van der Waals surface area contributed by atoms with Crippen LogP contribution >= 0.6 is 0 Å². The number of rotatable bonds is 7. The van der Waals surface area contributed by atoms with E-state index in [4.69, 9.17) is 9.47 Å². The molecule has 0 saturated carbocycles. The second-order valence-corrected chi connectivity index (χ2v) is 5.81. The number of amides is 1. The zero-order valence-electron chi connectivity index (χ0n) is 14.5. The Bertz CT molecular complexity index is 870. The molecule has 25 heavy (non-hydrogen) atoms. The second kappa shape index (κ2) is 7.75. The van der Waals surface area contributed by atoms with Crippen molar-refractivity contribution < 1.29 is 14.3 Å². The fraction of sp³-hybridized carbons (Fsp3) is 0.250. The zero-order valence-corrected chi connectivity index (χ0v) is 14.5. The van der Waals surface area contributed by atoms with E-state index < -0.39 is 0 Å². The average molecular weight is 338 g/mol. The van der Waals surface area contributed by atoms with Gasteiger partial charge < -0.3 is 19.8 Å². The minimum Gasteiger partial charge on any atom is -0.497 e. The van der Waals surface area contributed by atoms with Crippen LogP contribution in [0.2, 0.25) is 0 Å². The van der Waals surface area contributed by atoms with Crippen molar-refractivity contribution in [3.05, 3.63) is 59.8 Å². The third-order valence-corrected chi connectivity index (χ3v) is 4.23. The molecule has 0 aliphatic heterocycles. The number of H-pyrrole nitrogens is 1. The third kappa shape index (κ3) is 3.94. The fourth-order valence-electron chi connectivity index (χ4n) is 2.91. The number of hydrogen-bond acceptors (Lipinski definition) is 3. The van der Waals surface area contributed by atoms with Crippen LogP contribution in [-0.4, -0.2) is 31.7 Å². The number of carbonyl (C=O) groups is 1. The summed E-state index contributed by atoms with van der Waals surface area (Å²) in [6.07, 6.45) is 2.94. The largest absolute Gasteiger partial charge is 0.497 e. The van der Waals surface area contributed by atoms with E-state index in [0.717, 1.165) is 39.9 Å². The zero-order chi connectivity index (χ0) is 17.6. The van der Waals surface area contributed by atoms with Crippen molar-refractivity contribution in [2.45, 2.75) is 12.8 Å². The summed E-state index contributed by atoms with van der Waals surface area (Å²) in [5.74, 6) is 1.63. The van der Waals surface area contributed by atoms with Gasteiger partial charge in [0.15, 0.2) is 0 Å². The standard InChI is InChI=1S/C20H22N2O3/c1-24-16-7-8-18-17(12-16)15(13-22-18)11-20(23)21-10-9-14-5-3-4-6-19(14)25-2/h3-8,12-13,22H,9-11H2,1-2H3,(H,21,23). The number of fused-ring (bicyclic) bond motifs is 1. The van der Waals surface area contributed by atoms with E-state index >= 15 is 0 Å². The van der Waals surface area contributed by atoms with Gasteiger partial charge in [0.2, 0.25) is 5.91 Å². The number of nitrogens with one attached hydrogen (secondary N) is 2. The second-order valence-electron chi connectivity index (χ2n) is 5.81. The first-order valence-electron chi connectivity index (χ1n) is 8.24. The van der Waals surface area contributed by atoms with Gasteiger partial charge in [-0.3, -0.25) is 4.79 Å². The van der Waals surface area contributed by atoms with Crippen LogP contribution in [0, 0.1) is 0 Å². The third-order valence-electron chi connectivity index (χ3n) is 4.23. The van der Waals surface area contributed by atoms with Crippen LogP contribution in [0.5, 0.6) is 11.5 Å². The summed E-state index contributed by atoms with van der Waals surface area (Å²) < 4.78 is 10.6. The van der Waals surface area contributed by atoms with Gasteiger partial charge in [0.25, 0.3) is 0 Å². The highest BCUT2D eigenvalue weighted by Gasteiger charge is 2.10. The maximum Gasteiger partial charge on any atom is 0.224 e. The highest BCUT2D eigenvalue weighted by atomic mass is 16.5. The van der Waals surface area contributed by atoms with Gasteiger partial charge in [-0.05, 0) is 41.8 Å². The number of methoxy groups -OCH3 is 2. The quantitative estimate of drug-likeness (QED) is 0.696. The number of carbonyl (C=O) groups excluding carboxylic acids is 1. The lowest BCUT2D eigenvalue weighted by atomic mass is 10.1. The molecule has 5 heteroatoms. The molecule has 3 aromatic rings. The Labute approximate surface area is 147 Å². The van der Waals surface area contributed by atoms with E-state index in [1.165, 1.54) is 0 Å². The Balaban J connectivity index is 1.59. The van der Waals surface area contributed by atoms with Crippen LogP contribution in [0.15, 0.2) is 48.7 Å². The minimum absolute atomic E-state index is 0.00128. The van der Waals surface area contributed by atoms with Crippen LogP contribution in [0.4, 0.5) is 0 Å². The molecule has 0 bridgehead atoms. The van der Waals surface area contributed by atoms with Gasteiger partial charge >= 0.3 is 0 Å². The van der Waals surface area contributed by atoms with Crippen LogP contribution in [0.25, 0.3) is 10.9 Å². The highest BCUT2D eigenvalue weighted by molar-refractivity contribution is 5.89. The molecule has 0 fully saturated rings. The monoisotopic (exact) mass is 338 g/mol. The van der Waals surface area contributed by atoms with Gasteiger partial charge in [0.1, 0.15) is 11.5 Å². The molecular weight excluding hydrogens is 316 g/mol. The highest BCUT2D eigenvalue weighted by Crippen LogP contribution is 2.24. The summed E-state index contributed by atoms with van der Waals surface area (Å²) >= 11 is 0. The molecule has 0 atom stereocenters. The molecule has 3 rings (SSSR count). The average Bonchev–Trinajstić information content (AvgIpc) is 3.04. The van der Waals surface area contributed by atoms with Gasteiger partial charge in [-0.25, -0.2) is 0 Å². The lowest BCUT2D eigenvalue weighted by Gasteiger charge is -2.09. The smallest absolute Gasteiger partial charge is 0.224 e. The number of ether oxygens (including phenoxy) is 2. The van der Waals surface area contributed by atoms with Crippen molar-refractivity contribution >= 4 is 16.8 Å². The van der Waals surface area contributed by atoms with Crippen molar-refractivity contribution in [3.63, 3.8) is 0 Å². The minimum atomic E-state index is -0.00128. The molecular formula is C20H22N2O3. The summed E-state index contributed by atoms with van der Waals surface area (Å²) in [5.41, 5.74) is 3.04. The van der Waals surface area contributed by atoms with Crippen LogP contribution in [0.3, 0.4) is 0 Å². The van der Waals surface area contributed by atoms with Gasteiger partial charge in [0, 0.05) is 23.6 Å². The van der Waals surface area contributed by atoms with Gasteiger partial charge in [-0.1, -0.05) is 18.2 Å². The van der Waals surface area contributed by atoms with E-state index in [-0.39, 0.29) is 5.91 Å². The van der Waals surface area contributed by atoms with E-state index in [2.05, 4.69) is 10.3 Å². The summed E-state index contributed by atoms with van der Waals surface area (Å²) in [4.78, 5) is 15.5. The molecule has 2 N–H and O–H groups in total. The number of hydrogen-bond donors (Lipinski definition) is 2. The van der Waals surface area contributed by atoms with E-state index in [1.54, 1.807) is 14.2 Å². The molecule has 1 amide bonds. The molecule has 5 nitrogen and oxygen atoms in total. The Morgan fingerprint density at radius 2 is 1.92 bits per heavy atom. The predicted octanol–water partition coefficient (Wildman–Crippen LogP) is 3.09. The maximum absolute atomic E-state index is 12.3. The summed E-state index contributed by atoms with van der Waals surface area (Å²) in [7, 11) is 3.29. The molecule has 1 aromatic heterocycles. The van der Waals surface area contributed by atoms with Crippen molar-refractivity contribution in [3.8, 4) is 11.5 Å². The molecule has 0 radical (unpaired) electrons. The summed E-state index contributed by atoms with van der Waals surface area (Å²) in [6, 6.07) is 13.6. The van der Waals surface area contributed by atoms with E-state index in [1.807, 2.05) is 48.7 Å². The Hall–Kier alpha value is -2.95. The predicted molar refractivity (Wildman–Crippen MR) is 98.3 cm³/mol. The van der Waals surface area contributed by atoms with Crippen molar-refractivity contribution in [1.29, 1.82) is 0 Å². The van der Waals surface area contributed by atoms with Crippen LogP contribution in [-0.2, 0) is 17.6 Å². The van der Waals surface area contributed by atoms with Crippen LogP contribution < -0.4 is 14.8 Å². The molecule has 2 aromatic carbocycles. The Morgan fingerprint density at radius 3 is 2.72 bits per heavy atom. The Kier molecular flexibility index (Phi) is 5.23. The van der Waals surface area contributed by atoms with Crippen molar-refractivity contribution in [1.82, 2.24) is 10.3 Å². The summed E-state index contributed by atoms with van der Waals surface area (Å²) in [5, 5.41) is 3.99. The van der Waals surface area contributed by atoms with Gasteiger partial charge in [-0.2, -0.15) is 0 Å². The molecule has 0 aliphatic rings. The molecule has 0 aliphatic carbocycles. The van der Waals surface area contributed by atoms with Crippen molar-refractivity contribution in [2.24, 2.45) is 0 Å². The van der Waals surface area contributed by atoms with Gasteiger partial charge in [-0.15, -0.1) is 0 Å². The number of aromatic nitrogens is 1. The SMILES string of the molecule is COc1ccc2[nH]cc(CC(=O)NCCc3ccccc3OC)c2c1. The first-order valence-corrected chi connectivity index (χ1v) is 8.24. The molecule has 0 spiro atoms. The topological polar surface area (TPSA) is 63.4 Å². The number of aromatic amines is 1. The Morgan fingerprint density at radius 1 is 1.08 bits per heavy atom. The number of benzene rings is 2. The molecule has 0 saturated heterocycles. The van der Waals surface area contributed by atoms with Gasteiger partial charge in [0.05, 0.1) is 20.6 Å². The first-order chi connectivity index (χ1) is 12.2. The lowest BCUT2D eigenvalue weighted by molar-refractivity contribution is -0.120. The number of para-hydroxylation sites is 1. The van der Waals surface area contributed by atoms with E-state index in [0.29, 0.717) is 13.0 Å². The normalized spacial score (nSPS) is 10.6. The first kappa shape index (κ1) is 16.9. The fourth-order valence-corrected chi connectivity index (χ4v) is 2.91. The molecule has 0 unspecified atom stereocenters. The maximum atomic E-state index is 12.3. The molecule has 1 heterocycles. The van der Waals surface area contributed by atoms with E-state index in [9.17, 15) is 4.79 Å². The van der Waals surface area contributed by atoms with Crippen molar-refractivity contribution in [2.75, 3.05) is 20.8 Å². The molecule has 130 valence electrons. The lowest BCUT2D eigenvalue weighted by Crippen LogP contribution is -2.27. The van der Waals surface area contributed by atoms with Crippen LogP contribution in [0.1, 0.15) is 11.1 Å². The summed E-state index contributed by atoms with van der Waals surface area (Å²) in [6.45, 7) is 0.574.